The van der Waals surface area contributed by atoms with Crippen molar-refractivity contribution in [1.29, 1.82) is 0 Å². The van der Waals surface area contributed by atoms with Gasteiger partial charge < -0.3 is 5.32 Å². The van der Waals surface area contributed by atoms with Crippen LogP contribution >= 0.6 is 11.6 Å². The van der Waals surface area contributed by atoms with E-state index in [1.54, 1.807) is 12.1 Å². The van der Waals surface area contributed by atoms with Gasteiger partial charge in [0.05, 0.1) is 5.02 Å². The van der Waals surface area contributed by atoms with Crippen LogP contribution in [0.3, 0.4) is 0 Å². The van der Waals surface area contributed by atoms with Gasteiger partial charge in [0.25, 0.3) is 0 Å². The summed E-state index contributed by atoms with van der Waals surface area (Å²) in [6.07, 6.45) is 0. The van der Waals surface area contributed by atoms with Crippen LogP contribution in [-0.4, -0.2) is 0 Å². The van der Waals surface area contributed by atoms with Crippen molar-refractivity contribution in [3.63, 3.8) is 0 Å². The molecule has 0 aliphatic heterocycles. The molecule has 0 radical (unpaired) electrons. The number of halogens is 2. The fourth-order valence-corrected chi connectivity index (χ4v) is 2.64. The number of nitrogens with one attached hydrogen (secondary N) is 1. The van der Waals surface area contributed by atoms with Crippen LogP contribution in [0.25, 0.3) is 10.8 Å². The standard InChI is InChI=1S/C18H15ClFN/c1-12(14-9-10-17(20)16(19)11-14)21-18-8-4-6-13-5-2-3-7-15(13)18/h2-12,21H,1H3. The topological polar surface area (TPSA) is 12.0 Å². The Kier molecular flexibility index (Phi) is 3.80. The highest BCUT2D eigenvalue weighted by Crippen LogP contribution is 2.28. The molecule has 3 heteroatoms. The van der Waals surface area contributed by atoms with Crippen LogP contribution in [0.2, 0.25) is 5.02 Å². The molecule has 1 unspecified atom stereocenters. The first-order valence-corrected chi connectivity index (χ1v) is 7.22. The van der Waals surface area contributed by atoms with Gasteiger partial charge in [-0.2, -0.15) is 0 Å². The number of rotatable bonds is 3. The summed E-state index contributed by atoms with van der Waals surface area (Å²) in [6.45, 7) is 2.03. The van der Waals surface area contributed by atoms with E-state index >= 15 is 0 Å². The number of anilines is 1. The molecule has 0 amide bonds. The first kappa shape index (κ1) is 13.9. The van der Waals surface area contributed by atoms with Gasteiger partial charge in [-0.05, 0) is 36.1 Å². The SMILES string of the molecule is CC(Nc1cccc2ccccc12)c1ccc(F)c(Cl)c1. The summed E-state index contributed by atoms with van der Waals surface area (Å²) in [5, 5.41) is 5.97. The van der Waals surface area contributed by atoms with E-state index in [9.17, 15) is 4.39 Å². The lowest BCUT2D eigenvalue weighted by molar-refractivity contribution is 0.627. The number of fused-ring (bicyclic) bond motifs is 1. The van der Waals surface area contributed by atoms with Crippen LogP contribution in [0.5, 0.6) is 0 Å². The molecular weight excluding hydrogens is 285 g/mol. The van der Waals surface area contributed by atoms with E-state index in [-0.39, 0.29) is 11.1 Å². The fraction of sp³-hybridized carbons (Fsp3) is 0.111. The van der Waals surface area contributed by atoms with Gasteiger partial charge in [0, 0.05) is 17.1 Å². The normalized spacial score (nSPS) is 12.3. The molecule has 0 aliphatic rings. The highest BCUT2D eigenvalue weighted by molar-refractivity contribution is 6.30. The minimum atomic E-state index is -0.391. The first-order valence-electron chi connectivity index (χ1n) is 6.84. The summed E-state index contributed by atoms with van der Waals surface area (Å²) in [4.78, 5) is 0. The highest BCUT2D eigenvalue weighted by Gasteiger charge is 2.09. The summed E-state index contributed by atoms with van der Waals surface area (Å²) >= 11 is 5.85. The Balaban J connectivity index is 1.92. The smallest absolute Gasteiger partial charge is 0.141 e. The Labute approximate surface area is 128 Å². The zero-order valence-electron chi connectivity index (χ0n) is 11.6. The second-order valence-electron chi connectivity index (χ2n) is 5.07. The Bertz CT molecular complexity index is 780. The predicted molar refractivity (Wildman–Crippen MR) is 87.4 cm³/mol. The summed E-state index contributed by atoms with van der Waals surface area (Å²) in [5.74, 6) is -0.391. The van der Waals surface area contributed by atoms with Gasteiger partial charge >= 0.3 is 0 Å². The molecule has 1 nitrogen and oxygen atoms in total. The van der Waals surface area contributed by atoms with Crippen LogP contribution in [-0.2, 0) is 0 Å². The molecule has 0 fully saturated rings. The number of hydrogen-bond donors (Lipinski definition) is 1. The van der Waals surface area contributed by atoms with E-state index in [1.165, 1.54) is 16.8 Å². The molecule has 3 aromatic carbocycles. The van der Waals surface area contributed by atoms with Crippen LogP contribution in [0.4, 0.5) is 10.1 Å². The largest absolute Gasteiger partial charge is 0.378 e. The molecule has 1 atom stereocenters. The summed E-state index contributed by atoms with van der Waals surface area (Å²) in [5.41, 5.74) is 2.01. The summed E-state index contributed by atoms with van der Waals surface area (Å²) in [6, 6.07) is 19.2. The van der Waals surface area contributed by atoms with E-state index in [4.69, 9.17) is 11.6 Å². The van der Waals surface area contributed by atoms with Crippen molar-refractivity contribution in [2.75, 3.05) is 5.32 Å². The molecule has 0 heterocycles. The maximum Gasteiger partial charge on any atom is 0.141 e. The Morgan fingerprint density at radius 1 is 1.00 bits per heavy atom. The van der Waals surface area contributed by atoms with E-state index in [0.717, 1.165) is 11.3 Å². The average molecular weight is 300 g/mol. The number of hydrogen-bond acceptors (Lipinski definition) is 1. The fourth-order valence-electron chi connectivity index (χ4n) is 2.45. The molecule has 1 N–H and O–H groups in total. The third-order valence-corrected chi connectivity index (χ3v) is 3.89. The van der Waals surface area contributed by atoms with Crippen LogP contribution in [0.1, 0.15) is 18.5 Å². The van der Waals surface area contributed by atoms with Gasteiger partial charge in [0.2, 0.25) is 0 Å². The average Bonchev–Trinajstić information content (AvgIpc) is 2.50. The second kappa shape index (κ2) is 5.74. The van der Waals surface area contributed by atoms with Crippen molar-refractivity contribution >= 4 is 28.1 Å². The van der Waals surface area contributed by atoms with Crippen molar-refractivity contribution < 1.29 is 4.39 Å². The Morgan fingerprint density at radius 2 is 1.76 bits per heavy atom. The van der Waals surface area contributed by atoms with Gasteiger partial charge in [0.15, 0.2) is 0 Å². The third kappa shape index (κ3) is 2.86. The lowest BCUT2D eigenvalue weighted by atomic mass is 10.1. The van der Waals surface area contributed by atoms with Crippen molar-refractivity contribution in [3.05, 3.63) is 77.1 Å². The molecule has 0 bridgehead atoms. The first-order chi connectivity index (χ1) is 10.1. The second-order valence-corrected chi connectivity index (χ2v) is 5.47. The molecule has 0 saturated carbocycles. The van der Waals surface area contributed by atoms with E-state index in [1.807, 2.05) is 31.2 Å². The zero-order valence-corrected chi connectivity index (χ0v) is 12.4. The molecule has 3 aromatic rings. The summed E-state index contributed by atoms with van der Waals surface area (Å²) in [7, 11) is 0. The molecule has 21 heavy (non-hydrogen) atoms. The Morgan fingerprint density at radius 3 is 2.57 bits per heavy atom. The minimum Gasteiger partial charge on any atom is -0.378 e. The quantitative estimate of drug-likeness (QED) is 0.644. The number of benzene rings is 3. The molecule has 0 spiro atoms. The van der Waals surface area contributed by atoms with Crippen molar-refractivity contribution in [2.24, 2.45) is 0 Å². The van der Waals surface area contributed by atoms with Gasteiger partial charge in [-0.15, -0.1) is 0 Å². The van der Waals surface area contributed by atoms with Crippen molar-refractivity contribution in [3.8, 4) is 0 Å². The lowest BCUT2D eigenvalue weighted by Crippen LogP contribution is -2.07. The molecule has 0 aromatic heterocycles. The van der Waals surface area contributed by atoms with Gasteiger partial charge in [0.1, 0.15) is 5.82 Å². The maximum atomic E-state index is 13.2. The Hall–Kier alpha value is -2.06. The van der Waals surface area contributed by atoms with Gasteiger partial charge in [-0.3, -0.25) is 0 Å². The molecule has 106 valence electrons. The monoisotopic (exact) mass is 299 g/mol. The predicted octanol–water partition coefficient (Wildman–Crippen LogP) is 5.81. The molecule has 0 saturated heterocycles. The highest BCUT2D eigenvalue weighted by atomic mass is 35.5. The van der Waals surface area contributed by atoms with Gasteiger partial charge in [-0.1, -0.05) is 54.1 Å². The minimum absolute atomic E-state index is 0.0360. The maximum absolute atomic E-state index is 13.2. The molecular formula is C18H15ClFN. The van der Waals surface area contributed by atoms with E-state index in [2.05, 4.69) is 23.5 Å². The molecule has 3 rings (SSSR count). The van der Waals surface area contributed by atoms with Crippen molar-refractivity contribution in [2.45, 2.75) is 13.0 Å². The van der Waals surface area contributed by atoms with Gasteiger partial charge in [-0.25, -0.2) is 4.39 Å². The van der Waals surface area contributed by atoms with Crippen LogP contribution in [0, 0.1) is 5.82 Å². The van der Waals surface area contributed by atoms with E-state index < -0.39 is 5.82 Å². The zero-order chi connectivity index (χ0) is 14.8. The van der Waals surface area contributed by atoms with Crippen molar-refractivity contribution in [1.82, 2.24) is 0 Å². The van der Waals surface area contributed by atoms with E-state index in [0.29, 0.717) is 0 Å². The third-order valence-electron chi connectivity index (χ3n) is 3.61. The molecule has 0 aliphatic carbocycles. The van der Waals surface area contributed by atoms with Crippen LogP contribution in [0.15, 0.2) is 60.7 Å². The van der Waals surface area contributed by atoms with Crippen LogP contribution < -0.4 is 5.32 Å². The summed E-state index contributed by atoms with van der Waals surface area (Å²) < 4.78 is 13.2. The lowest BCUT2D eigenvalue weighted by Gasteiger charge is -2.17.